The third-order valence-electron chi connectivity index (χ3n) is 2.22. The van der Waals surface area contributed by atoms with Gasteiger partial charge in [-0.3, -0.25) is 0 Å². The highest BCUT2D eigenvalue weighted by Crippen LogP contribution is 2.20. The quantitative estimate of drug-likeness (QED) is 0.652. The van der Waals surface area contributed by atoms with Crippen molar-refractivity contribution in [3.05, 3.63) is 29.3 Å². The van der Waals surface area contributed by atoms with E-state index in [4.69, 9.17) is 16.1 Å². The number of aliphatic hydroxyl groups is 1. The Balaban J connectivity index is 2.98. The standard InChI is InChI=1S/C11H12N2O3/c12-5-1-2-7-6-8(3-4-9(7)13)10(14)11(15)16/h3-4,6,10,14H,1-2,13H2,(H,15,16). The maximum absolute atomic E-state index is 10.6. The number of aryl methyl sites for hydroxylation is 1. The summed E-state index contributed by atoms with van der Waals surface area (Å²) in [6.45, 7) is 0. The zero-order valence-corrected chi connectivity index (χ0v) is 8.55. The summed E-state index contributed by atoms with van der Waals surface area (Å²) < 4.78 is 0. The van der Waals surface area contributed by atoms with Gasteiger partial charge in [0.25, 0.3) is 0 Å². The number of hydrogen-bond donors (Lipinski definition) is 3. The lowest BCUT2D eigenvalue weighted by molar-refractivity contribution is -0.146. The van der Waals surface area contributed by atoms with Gasteiger partial charge in [-0.2, -0.15) is 5.26 Å². The van der Waals surface area contributed by atoms with Crippen LogP contribution < -0.4 is 5.73 Å². The summed E-state index contributed by atoms with van der Waals surface area (Å²) in [7, 11) is 0. The first kappa shape index (κ1) is 12.0. The molecular weight excluding hydrogens is 208 g/mol. The van der Waals surface area contributed by atoms with Crippen LogP contribution in [0.2, 0.25) is 0 Å². The average molecular weight is 220 g/mol. The number of hydrogen-bond acceptors (Lipinski definition) is 4. The molecule has 0 heterocycles. The molecule has 0 aromatic heterocycles. The van der Waals surface area contributed by atoms with Crippen molar-refractivity contribution in [2.24, 2.45) is 0 Å². The molecule has 1 atom stereocenters. The molecule has 1 aromatic carbocycles. The molecule has 84 valence electrons. The minimum atomic E-state index is -1.55. The van der Waals surface area contributed by atoms with E-state index < -0.39 is 12.1 Å². The van der Waals surface area contributed by atoms with Gasteiger partial charge in [0.15, 0.2) is 6.10 Å². The second kappa shape index (κ2) is 5.14. The van der Waals surface area contributed by atoms with Crippen LogP contribution in [0.1, 0.15) is 23.7 Å². The number of carboxylic acids is 1. The highest BCUT2D eigenvalue weighted by molar-refractivity contribution is 5.74. The Kier molecular flexibility index (Phi) is 3.86. The first-order chi connectivity index (χ1) is 7.56. The van der Waals surface area contributed by atoms with Gasteiger partial charge in [-0.1, -0.05) is 12.1 Å². The summed E-state index contributed by atoms with van der Waals surface area (Å²) in [6.07, 6.45) is -0.805. The minimum Gasteiger partial charge on any atom is -0.479 e. The molecule has 0 aliphatic carbocycles. The van der Waals surface area contributed by atoms with Crippen molar-refractivity contribution in [2.75, 3.05) is 5.73 Å². The van der Waals surface area contributed by atoms with Crippen LogP contribution in [0.4, 0.5) is 5.69 Å². The molecule has 5 heteroatoms. The van der Waals surface area contributed by atoms with Gasteiger partial charge in [0.2, 0.25) is 0 Å². The molecule has 0 saturated heterocycles. The van der Waals surface area contributed by atoms with Gasteiger partial charge in [-0.05, 0) is 23.6 Å². The molecule has 0 aliphatic rings. The fraction of sp³-hybridized carbons (Fsp3) is 0.273. The molecule has 0 saturated carbocycles. The molecule has 0 spiro atoms. The van der Waals surface area contributed by atoms with E-state index in [1.807, 2.05) is 6.07 Å². The smallest absolute Gasteiger partial charge is 0.337 e. The second-order valence-electron chi connectivity index (χ2n) is 3.36. The van der Waals surface area contributed by atoms with Crippen LogP contribution in [-0.4, -0.2) is 16.2 Å². The Morgan fingerprint density at radius 3 is 2.81 bits per heavy atom. The van der Waals surface area contributed by atoms with Crippen LogP contribution in [0.3, 0.4) is 0 Å². The lowest BCUT2D eigenvalue weighted by Gasteiger charge is -2.09. The molecule has 1 rings (SSSR count). The summed E-state index contributed by atoms with van der Waals surface area (Å²) in [5, 5.41) is 26.4. The number of nitrogen functional groups attached to an aromatic ring is 1. The number of carboxylic acid groups (broad SMARTS) is 1. The Bertz CT molecular complexity index is 437. The molecule has 1 unspecified atom stereocenters. The summed E-state index contributed by atoms with van der Waals surface area (Å²) >= 11 is 0. The maximum atomic E-state index is 10.6. The molecule has 0 aliphatic heterocycles. The van der Waals surface area contributed by atoms with Gasteiger partial charge in [-0.25, -0.2) is 4.79 Å². The summed E-state index contributed by atoms with van der Waals surface area (Å²) in [5.74, 6) is -1.31. The number of nitriles is 1. The molecule has 0 radical (unpaired) electrons. The predicted octanol–water partition coefficient (Wildman–Crippen LogP) is 0.843. The SMILES string of the molecule is N#CCCc1cc(C(O)C(=O)O)ccc1N. The van der Waals surface area contributed by atoms with E-state index in [0.717, 1.165) is 0 Å². The van der Waals surface area contributed by atoms with Crippen LogP contribution in [0.5, 0.6) is 0 Å². The Morgan fingerprint density at radius 2 is 2.25 bits per heavy atom. The van der Waals surface area contributed by atoms with Crippen LogP contribution in [0.25, 0.3) is 0 Å². The largest absolute Gasteiger partial charge is 0.479 e. The molecule has 0 bridgehead atoms. The van der Waals surface area contributed by atoms with Gasteiger partial charge >= 0.3 is 5.97 Å². The van der Waals surface area contributed by atoms with E-state index >= 15 is 0 Å². The van der Waals surface area contributed by atoms with Crippen molar-refractivity contribution in [1.29, 1.82) is 5.26 Å². The van der Waals surface area contributed by atoms with E-state index in [0.29, 0.717) is 24.1 Å². The lowest BCUT2D eigenvalue weighted by Crippen LogP contribution is -2.11. The van der Waals surface area contributed by atoms with Gasteiger partial charge in [-0.15, -0.1) is 0 Å². The number of aliphatic carboxylic acids is 1. The van der Waals surface area contributed by atoms with E-state index in [9.17, 15) is 9.90 Å². The van der Waals surface area contributed by atoms with Gasteiger partial charge in [0.05, 0.1) is 6.07 Å². The lowest BCUT2D eigenvalue weighted by atomic mass is 10.0. The van der Waals surface area contributed by atoms with Gasteiger partial charge in [0.1, 0.15) is 0 Å². The van der Waals surface area contributed by atoms with Crippen molar-refractivity contribution in [3.63, 3.8) is 0 Å². The number of carbonyl (C=O) groups is 1. The minimum absolute atomic E-state index is 0.273. The molecule has 1 aromatic rings. The Hall–Kier alpha value is -2.06. The number of nitrogens with zero attached hydrogens (tertiary/aromatic N) is 1. The molecule has 5 nitrogen and oxygen atoms in total. The first-order valence-electron chi connectivity index (χ1n) is 4.72. The first-order valence-corrected chi connectivity index (χ1v) is 4.72. The molecule has 0 fully saturated rings. The van der Waals surface area contributed by atoms with E-state index in [2.05, 4.69) is 0 Å². The van der Waals surface area contributed by atoms with E-state index in [-0.39, 0.29) is 5.56 Å². The van der Waals surface area contributed by atoms with E-state index in [1.165, 1.54) is 18.2 Å². The average Bonchev–Trinajstić information content (AvgIpc) is 2.27. The van der Waals surface area contributed by atoms with Crippen LogP contribution in [0, 0.1) is 11.3 Å². The number of anilines is 1. The van der Waals surface area contributed by atoms with Crippen molar-refractivity contribution in [3.8, 4) is 6.07 Å². The summed E-state index contributed by atoms with van der Waals surface area (Å²) in [6, 6.07) is 6.50. The number of rotatable bonds is 4. The normalized spacial score (nSPS) is 11.8. The van der Waals surface area contributed by atoms with Crippen LogP contribution in [0.15, 0.2) is 18.2 Å². The maximum Gasteiger partial charge on any atom is 0.337 e. The third-order valence-corrected chi connectivity index (χ3v) is 2.22. The van der Waals surface area contributed by atoms with Crippen molar-refractivity contribution in [2.45, 2.75) is 18.9 Å². The Labute approximate surface area is 92.7 Å². The predicted molar refractivity (Wildman–Crippen MR) is 57.4 cm³/mol. The second-order valence-corrected chi connectivity index (χ2v) is 3.36. The third kappa shape index (κ3) is 2.72. The van der Waals surface area contributed by atoms with Crippen LogP contribution in [-0.2, 0) is 11.2 Å². The summed E-state index contributed by atoms with van der Waals surface area (Å²) in [5.41, 5.74) is 7.12. The Morgan fingerprint density at radius 1 is 1.56 bits per heavy atom. The number of aliphatic hydroxyl groups excluding tert-OH is 1. The van der Waals surface area contributed by atoms with E-state index in [1.54, 1.807) is 0 Å². The molecule has 4 N–H and O–H groups in total. The summed E-state index contributed by atoms with van der Waals surface area (Å²) in [4.78, 5) is 10.6. The zero-order chi connectivity index (χ0) is 12.1. The highest BCUT2D eigenvalue weighted by Gasteiger charge is 2.16. The van der Waals surface area contributed by atoms with Crippen molar-refractivity contribution in [1.82, 2.24) is 0 Å². The number of nitrogens with two attached hydrogens (primary N) is 1. The van der Waals surface area contributed by atoms with Crippen LogP contribution >= 0.6 is 0 Å². The number of benzene rings is 1. The van der Waals surface area contributed by atoms with Crippen molar-refractivity contribution >= 4 is 11.7 Å². The zero-order valence-electron chi connectivity index (χ0n) is 8.55. The van der Waals surface area contributed by atoms with Gasteiger partial charge in [0, 0.05) is 12.1 Å². The molecule has 0 amide bonds. The molecular formula is C11H12N2O3. The van der Waals surface area contributed by atoms with Crippen molar-refractivity contribution < 1.29 is 15.0 Å². The van der Waals surface area contributed by atoms with Gasteiger partial charge < -0.3 is 15.9 Å². The molecule has 16 heavy (non-hydrogen) atoms. The monoisotopic (exact) mass is 220 g/mol. The fourth-order valence-corrected chi connectivity index (χ4v) is 1.35. The topological polar surface area (TPSA) is 107 Å². The highest BCUT2D eigenvalue weighted by atomic mass is 16.4. The fourth-order valence-electron chi connectivity index (χ4n) is 1.35.